The van der Waals surface area contributed by atoms with Crippen molar-refractivity contribution in [2.75, 3.05) is 0 Å². The van der Waals surface area contributed by atoms with E-state index in [2.05, 4.69) is 10.5 Å². The molecule has 6 heteroatoms. The molecule has 98 valence electrons. The molecule has 0 aromatic carbocycles. The summed E-state index contributed by atoms with van der Waals surface area (Å²) in [7, 11) is 0. The van der Waals surface area contributed by atoms with Crippen molar-refractivity contribution in [1.29, 1.82) is 0 Å². The molecule has 0 aliphatic heterocycles. The highest BCUT2D eigenvalue weighted by Gasteiger charge is 2.38. The van der Waals surface area contributed by atoms with Crippen molar-refractivity contribution in [2.45, 2.75) is 37.6 Å². The van der Waals surface area contributed by atoms with Crippen molar-refractivity contribution in [2.24, 2.45) is 10.9 Å². The fourth-order valence-electron chi connectivity index (χ4n) is 2.38. The van der Waals surface area contributed by atoms with E-state index in [4.69, 9.17) is 10.9 Å². The average Bonchev–Trinajstić information content (AvgIpc) is 2.93. The second-order valence-corrected chi connectivity index (χ2v) is 5.51. The first kappa shape index (κ1) is 12.9. The van der Waals surface area contributed by atoms with Gasteiger partial charge in [-0.3, -0.25) is 4.79 Å². The van der Waals surface area contributed by atoms with Gasteiger partial charge in [-0.1, -0.05) is 30.5 Å². The number of oxime groups is 1. The van der Waals surface area contributed by atoms with Crippen LogP contribution in [0, 0.1) is 0 Å². The van der Waals surface area contributed by atoms with Gasteiger partial charge in [0.25, 0.3) is 5.91 Å². The molecule has 0 spiro atoms. The Kier molecular flexibility index (Phi) is 3.86. The van der Waals surface area contributed by atoms with Crippen LogP contribution in [-0.2, 0) is 0 Å². The van der Waals surface area contributed by atoms with Crippen molar-refractivity contribution < 1.29 is 10.0 Å². The molecule has 0 radical (unpaired) electrons. The summed E-state index contributed by atoms with van der Waals surface area (Å²) in [6.45, 7) is 0. The van der Waals surface area contributed by atoms with E-state index in [1.807, 2.05) is 11.4 Å². The first-order valence-electron chi connectivity index (χ1n) is 6.02. The number of amidine groups is 1. The molecule has 4 N–H and O–H groups in total. The molecule has 2 rings (SSSR count). The van der Waals surface area contributed by atoms with Gasteiger partial charge < -0.3 is 16.3 Å². The van der Waals surface area contributed by atoms with E-state index in [1.165, 1.54) is 11.3 Å². The van der Waals surface area contributed by atoms with Gasteiger partial charge in [-0.15, -0.1) is 11.3 Å². The summed E-state index contributed by atoms with van der Waals surface area (Å²) in [4.78, 5) is 12.8. The zero-order valence-corrected chi connectivity index (χ0v) is 10.9. The van der Waals surface area contributed by atoms with Gasteiger partial charge in [0.05, 0.1) is 4.88 Å². The van der Waals surface area contributed by atoms with Crippen molar-refractivity contribution in [1.82, 2.24) is 5.32 Å². The number of nitrogens with zero attached hydrogens (tertiary/aromatic N) is 1. The summed E-state index contributed by atoms with van der Waals surface area (Å²) in [6, 6.07) is 3.60. The molecule has 18 heavy (non-hydrogen) atoms. The van der Waals surface area contributed by atoms with Gasteiger partial charge in [0.2, 0.25) is 0 Å². The molecule has 5 nitrogen and oxygen atoms in total. The summed E-state index contributed by atoms with van der Waals surface area (Å²) in [5.74, 6) is -0.0504. The number of nitrogens with two attached hydrogens (primary N) is 1. The number of amides is 1. The number of hydrogen-bond donors (Lipinski definition) is 3. The van der Waals surface area contributed by atoms with Crippen LogP contribution in [0.3, 0.4) is 0 Å². The first-order chi connectivity index (χ1) is 8.68. The molecular formula is C12H17N3O2S. The van der Waals surface area contributed by atoms with Crippen LogP contribution >= 0.6 is 11.3 Å². The third kappa shape index (κ3) is 2.48. The molecule has 0 saturated heterocycles. The topological polar surface area (TPSA) is 87.7 Å². The molecule has 1 aliphatic rings. The second kappa shape index (κ2) is 5.39. The molecule has 1 heterocycles. The SMILES string of the molecule is N/C(=N/O)C1(NC(=O)c2cccs2)CCCCC1. The van der Waals surface area contributed by atoms with Crippen LogP contribution in [-0.4, -0.2) is 22.5 Å². The molecular weight excluding hydrogens is 250 g/mol. The zero-order valence-electron chi connectivity index (χ0n) is 10.1. The fourth-order valence-corrected chi connectivity index (χ4v) is 3.00. The van der Waals surface area contributed by atoms with E-state index in [9.17, 15) is 4.79 Å². The Hall–Kier alpha value is -1.56. The smallest absolute Gasteiger partial charge is 0.262 e. The van der Waals surface area contributed by atoms with Crippen LogP contribution in [0.15, 0.2) is 22.7 Å². The molecule has 0 bridgehead atoms. The van der Waals surface area contributed by atoms with E-state index in [1.54, 1.807) is 6.07 Å². The van der Waals surface area contributed by atoms with Gasteiger partial charge in [-0.2, -0.15) is 0 Å². The van der Waals surface area contributed by atoms with Crippen LogP contribution in [0.1, 0.15) is 41.8 Å². The van der Waals surface area contributed by atoms with Crippen molar-refractivity contribution in [3.63, 3.8) is 0 Å². The number of carbonyl (C=O) groups excluding carboxylic acids is 1. The van der Waals surface area contributed by atoms with E-state index >= 15 is 0 Å². The lowest BCUT2D eigenvalue weighted by atomic mass is 9.80. The predicted octanol–water partition coefficient (Wildman–Crippen LogP) is 1.93. The first-order valence-corrected chi connectivity index (χ1v) is 6.90. The Labute approximate surface area is 110 Å². The quantitative estimate of drug-likeness (QED) is 0.338. The third-order valence-electron chi connectivity index (χ3n) is 3.40. The van der Waals surface area contributed by atoms with Crippen LogP contribution in [0.2, 0.25) is 0 Å². The maximum Gasteiger partial charge on any atom is 0.262 e. The lowest BCUT2D eigenvalue weighted by Gasteiger charge is -2.36. The monoisotopic (exact) mass is 267 g/mol. The van der Waals surface area contributed by atoms with Crippen molar-refractivity contribution in [3.05, 3.63) is 22.4 Å². The van der Waals surface area contributed by atoms with Crippen LogP contribution in [0.25, 0.3) is 0 Å². The minimum atomic E-state index is -0.686. The maximum atomic E-state index is 12.1. The van der Waals surface area contributed by atoms with Gasteiger partial charge in [0.1, 0.15) is 5.54 Å². The third-order valence-corrected chi connectivity index (χ3v) is 4.27. The minimum Gasteiger partial charge on any atom is -0.409 e. The van der Waals surface area contributed by atoms with E-state index in [0.29, 0.717) is 4.88 Å². The summed E-state index contributed by atoms with van der Waals surface area (Å²) in [5, 5.41) is 16.8. The Morgan fingerprint density at radius 2 is 2.17 bits per heavy atom. The highest BCUT2D eigenvalue weighted by Crippen LogP contribution is 2.29. The summed E-state index contributed by atoms with van der Waals surface area (Å²) < 4.78 is 0. The molecule has 1 aromatic rings. The van der Waals surface area contributed by atoms with Crippen molar-refractivity contribution >= 4 is 23.1 Å². The highest BCUT2D eigenvalue weighted by atomic mass is 32.1. The molecule has 1 aromatic heterocycles. The second-order valence-electron chi connectivity index (χ2n) is 4.56. The largest absolute Gasteiger partial charge is 0.409 e. The van der Waals surface area contributed by atoms with Crippen LogP contribution in [0.4, 0.5) is 0 Å². The van der Waals surface area contributed by atoms with E-state index in [0.717, 1.165) is 32.1 Å². The highest BCUT2D eigenvalue weighted by molar-refractivity contribution is 7.12. The van der Waals surface area contributed by atoms with E-state index < -0.39 is 5.54 Å². The lowest BCUT2D eigenvalue weighted by molar-refractivity contribution is 0.0910. The van der Waals surface area contributed by atoms with Gasteiger partial charge in [0.15, 0.2) is 5.84 Å². The Morgan fingerprint density at radius 3 is 2.72 bits per heavy atom. The van der Waals surface area contributed by atoms with Crippen molar-refractivity contribution in [3.8, 4) is 0 Å². The Bertz CT molecular complexity index is 436. The normalized spacial score (nSPS) is 19.4. The van der Waals surface area contributed by atoms with Gasteiger partial charge in [-0.25, -0.2) is 0 Å². The standard InChI is InChI=1S/C12H17N3O2S/c13-11(15-17)12(6-2-1-3-7-12)14-10(16)9-5-4-8-18-9/h4-5,8,17H,1-3,6-7H2,(H2,13,15)(H,14,16). The Morgan fingerprint density at radius 1 is 1.44 bits per heavy atom. The molecule has 0 unspecified atom stereocenters. The summed E-state index contributed by atoms with van der Waals surface area (Å²) in [5.41, 5.74) is 5.09. The average molecular weight is 267 g/mol. The summed E-state index contributed by atoms with van der Waals surface area (Å²) >= 11 is 1.38. The minimum absolute atomic E-state index is 0.104. The summed E-state index contributed by atoms with van der Waals surface area (Å²) in [6.07, 6.45) is 4.51. The molecule has 1 fully saturated rings. The lowest BCUT2D eigenvalue weighted by Crippen LogP contribution is -2.58. The van der Waals surface area contributed by atoms with Gasteiger partial charge >= 0.3 is 0 Å². The number of carbonyl (C=O) groups is 1. The number of nitrogens with one attached hydrogen (secondary N) is 1. The van der Waals surface area contributed by atoms with Crippen LogP contribution < -0.4 is 11.1 Å². The fraction of sp³-hybridized carbons (Fsp3) is 0.500. The molecule has 1 saturated carbocycles. The van der Waals surface area contributed by atoms with Gasteiger partial charge in [0, 0.05) is 0 Å². The van der Waals surface area contributed by atoms with Crippen LogP contribution in [0.5, 0.6) is 0 Å². The van der Waals surface area contributed by atoms with Gasteiger partial charge in [-0.05, 0) is 24.3 Å². The predicted molar refractivity (Wildman–Crippen MR) is 71.0 cm³/mol. The zero-order chi connectivity index (χ0) is 13.0. The maximum absolute atomic E-state index is 12.1. The number of thiophene rings is 1. The molecule has 0 atom stereocenters. The van der Waals surface area contributed by atoms with E-state index in [-0.39, 0.29) is 11.7 Å². The number of rotatable bonds is 3. The number of hydrogen-bond acceptors (Lipinski definition) is 4. The molecule has 1 amide bonds. The Balaban J connectivity index is 2.18. The molecule has 1 aliphatic carbocycles.